The van der Waals surface area contributed by atoms with Crippen molar-refractivity contribution in [2.45, 2.75) is 59.0 Å². The van der Waals surface area contributed by atoms with Crippen molar-refractivity contribution in [2.75, 3.05) is 0 Å². The van der Waals surface area contributed by atoms with E-state index in [4.69, 9.17) is 8.85 Å². The van der Waals surface area contributed by atoms with Gasteiger partial charge in [0.2, 0.25) is 0 Å². The van der Waals surface area contributed by atoms with E-state index in [9.17, 15) is 9.59 Å². The molecule has 0 aliphatic heterocycles. The van der Waals surface area contributed by atoms with Gasteiger partial charge in [0.1, 0.15) is 0 Å². The van der Waals surface area contributed by atoms with Crippen molar-refractivity contribution in [2.24, 2.45) is 0 Å². The summed E-state index contributed by atoms with van der Waals surface area (Å²) in [7, 11) is -3.15. The van der Waals surface area contributed by atoms with Crippen molar-refractivity contribution in [3.63, 3.8) is 0 Å². The van der Waals surface area contributed by atoms with E-state index in [0.29, 0.717) is 0 Å². The van der Waals surface area contributed by atoms with Crippen molar-refractivity contribution in [1.29, 1.82) is 0 Å². The van der Waals surface area contributed by atoms with Crippen molar-refractivity contribution in [1.82, 2.24) is 0 Å². The first-order valence-corrected chi connectivity index (χ1v) is 8.52. The molecular formula is C15H26O4Si. The van der Waals surface area contributed by atoms with Gasteiger partial charge in [-0.3, -0.25) is 0 Å². The first kappa shape index (κ1) is 18.6. The third-order valence-corrected chi connectivity index (χ3v) is 7.58. The molecule has 0 N–H and O–H groups in total. The van der Waals surface area contributed by atoms with Crippen LogP contribution in [-0.4, -0.2) is 20.5 Å². The Morgan fingerprint density at radius 1 is 0.950 bits per heavy atom. The largest absolute Gasteiger partial charge is 0.481 e. The summed E-state index contributed by atoms with van der Waals surface area (Å²) in [6, 6.07) is 0. The molecule has 0 saturated heterocycles. The highest BCUT2D eigenvalue weighted by Crippen LogP contribution is 2.45. The molecule has 0 atom stereocenters. The monoisotopic (exact) mass is 298 g/mol. The first-order valence-electron chi connectivity index (χ1n) is 6.63. The van der Waals surface area contributed by atoms with Gasteiger partial charge in [-0.15, -0.1) is 0 Å². The van der Waals surface area contributed by atoms with Crippen molar-refractivity contribution in [3.05, 3.63) is 24.3 Å². The third-order valence-electron chi connectivity index (χ3n) is 2.99. The number of hydrogen-bond donors (Lipinski definition) is 0. The van der Waals surface area contributed by atoms with Crippen LogP contribution in [0.1, 0.15) is 48.5 Å². The van der Waals surface area contributed by atoms with Crippen molar-refractivity contribution in [3.8, 4) is 0 Å². The molecule has 20 heavy (non-hydrogen) atoms. The Morgan fingerprint density at radius 2 is 1.25 bits per heavy atom. The molecule has 0 aliphatic carbocycles. The van der Waals surface area contributed by atoms with Gasteiger partial charge in [0, 0.05) is 21.7 Å². The van der Waals surface area contributed by atoms with Crippen LogP contribution >= 0.6 is 0 Å². The molecule has 0 radical (unpaired) electrons. The minimum absolute atomic E-state index is 0.0888. The van der Waals surface area contributed by atoms with Crippen LogP contribution in [0, 0.1) is 0 Å². The first-order chi connectivity index (χ1) is 8.85. The lowest BCUT2D eigenvalue weighted by Gasteiger charge is -2.41. The summed E-state index contributed by atoms with van der Waals surface area (Å²) in [6.45, 7) is 19.9. The molecule has 0 spiro atoms. The number of hydrogen-bond acceptors (Lipinski definition) is 4. The van der Waals surface area contributed by atoms with Gasteiger partial charge in [0.15, 0.2) is 0 Å². The van der Waals surface area contributed by atoms with Gasteiger partial charge in [-0.1, -0.05) is 47.8 Å². The summed E-state index contributed by atoms with van der Waals surface area (Å²) in [5.41, 5.74) is 0.491. The number of carbonyl (C=O) groups excluding carboxylic acids is 2. The molecular weight excluding hydrogens is 272 g/mol. The van der Waals surface area contributed by atoms with Gasteiger partial charge in [-0.2, -0.15) is 0 Å². The molecule has 0 fully saturated rings. The lowest BCUT2D eigenvalue weighted by molar-refractivity contribution is -0.138. The molecule has 0 saturated carbocycles. The average molecular weight is 298 g/mol. The maximum absolute atomic E-state index is 12.0. The summed E-state index contributed by atoms with van der Waals surface area (Å²) >= 11 is 0. The summed E-state index contributed by atoms with van der Waals surface area (Å²) in [5, 5.41) is -0.461. The summed E-state index contributed by atoms with van der Waals surface area (Å²) in [4.78, 5) is 23.9. The molecule has 0 unspecified atom stereocenters. The lowest BCUT2D eigenvalue weighted by atomic mass is 10.2. The van der Waals surface area contributed by atoms with E-state index in [0.717, 1.165) is 0 Å². The molecule has 0 aromatic heterocycles. The SMILES string of the molecule is C=C(C)C(=O)O[Si](OC(=O)C(=C)C)(C(C)C)C(C)(C)C. The molecule has 0 amide bonds. The normalized spacial score (nSPS) is 12.0. The zero-order valence-electron chi connectivity index (χ0n) is 13.6. The highest BCUT2D eigenvalue weighted by Gasteiger charge is 2.58. The van der Waals surface area contributed by atoms with E-state index in [1.807, 2.05) is 34.6 Å². The maximum atomic E-state index is 12.0. The van der Waals surface area contributed by atoms with E-state index in [1.54, 1.807) is 13.8 Å². The molecule has 0 bridgehead atoms. The topological polar surface area (TPSA) is 52.6 Å². The van der Waals surface area contributed by atoms with E-state index in [-0.39, 0.29) is 16.7 Å². The summed E-state index contributed by atoms with van der Waals surface area (Å²) < 4.78 is 11.3. The molecule has 114 valence electrons. The fraction of sp³-hybridized carbons (Fsp3) is 0.600. The van der Waals surface area contributed by atoms with Crippen LogP contribution in [0.15, 0.2) is 24.3 Å². The van der Waals surface area contributed by atoms with Crippen LogP contribution in [0.2, 0.25) is 10.6 Å². The van der Waals surface area contributed by atoms with Crippen LogP contribution in [0.3, 0.4) is 0 Å². The Kier molecular flexibility index (Phi) is 5.96. The van der Waals surface area contributed by atoms with E-state index >= 15 is 0 Å². The molecule has 5 heteroatoms. The average Bonchev–Trinajstić information content (AvgIpc) is 2.25. The van der Waals surface area contributed by atoms with Gasteiger partial charge in [-0.25, -0.2) is 9.59 Å². The third kappa shape index (κ3) is 4.06. The van der Waals surface area contributed by atoms with Crippen LogP contribution in [0.4, 0.5) is 0 Å². The van der Waals surface area contributed by atoms with Gasteiger partial charge in [0.05, 0.1) is 0 Å². The van der Waals surface area contributed by atoms with Gasteiger partial charge < -0.3 is 8.85 Å². The quantitative estimate of drug-likeness (QED) is 0.571. The fourth-order valence-corrected chi connectivity index (χ4v) is 5.64. The van der Waals surface area contributed by atoms with Crippen molar-refractivity contribution < 1.29 is 18.4 Å². The van der Waals surface area contributed by atoms with Crippen LogP contribution in [-0.2, 0) is 18.4 Å². The van der Waals surface area contributed by atoms with Crippen LogP contribution in [0.5, 0.6) is 0 Å². The lowest BCUT2D eigenvalue weighted by Crippen LogP contribution is -2.55. The Labute approximate surface area is 123 Å². The minimum atomic E-state index is -3.15. The Morgan fingerprint density at radius 3 is 1.40 bits per heavy atom. The van der Waals surface area contributed by atoms with Gasteiger partial charge in [-0.05, 0) is 13.8 Å². The Balaban J connectivity index is 5.73. The van der Waals surface area contributed by atoms with E-state index in [1.165, 1.54) is 0 Å². The fourth-order valence-electron chi connectivity index (χ4n) is 1.88. The zero-order chi connectivity index (χ0) is 16.3. The molecule has 0 rings (SSSR count). The highest BCUT2D eigenvalue weighted by atomic mass is 28.4. The standard InChI is InChI=1S/C15H26O4Si/c1-10(2)13(16)18-20(12(5)6,15(7,8)9)19-14(17)11(3)4/h12H,1,3H2,2,4-9H3. The number of rotatable bonds is 5. The highest BCUT2D eigenvalue weighted by molar-refractivity contribution is 6.75. The van der Waals surface area contributed by atoms with E-state index in [2.05, 4.69) is 13.2 Å². The molecule has 0 aliphatic rings. The predicted molar refractivity (Wildman–Crippen MR) is 82.4 cm³/mol. The molecule has 0 heterocycles. The Bertz CT molecular complexity index is 402. The van der Waals surface area contributed by atoms with Crippen LogP contribution in [0.25, 0.3) is 0 Å². The predicted octanol–water partition coefficient (Wildman–Crippen LogP) is 3.88. The molecule has 0 aromatic rings. The van der Waals surface area contributed by atoms with Crippen molar-refractivity contribution >= 4 is 20.5 Å². The number of carbonyl (C=O) groups is 2. The smallest absolute Gasteiger partial charge is 0.472 e. The zero-order valence-corrected chi connectivity index (χ0v) is 14.6. The second kappa shape index (κ2) is 6.39. The second-order valence-electron chi connectivity index (χ2n) is 6.41. The van der Waals surface area contributed by atoms with Gasteiger partial charge in [0.25, 0.3) is 0 Å². The van der Waals surface area contributed by atoms with Gasteiger partial charge >= 0.3 is 20.5 Å². The summed E-state index contributed by atoms with van der Waals surface area (Å²) in [6.07, 6.45) is 0. The summed E-state index contributed by atoms with van der Waals surface area (Å²) in [5.74, 6) is -1.04. The Hall–Kier alpha value is -1.36. The molecule has 0 aromatic carbocycles. The van der Waals surface area contributed by atoms with Crippen LogP contribution < -0.4 is 0 Å². The molecule has 4 nitrogen and oxygen atoms in total. The maximum Gasteiger partial charge on any atom is 0.472 e. The second-order valence-corrected chi connectivity index (χ2v) is 10.8. The van der Waals surface area contributed by atoms with E-state index < -0.39 is 25.5 Å². The minimum Gasteiger partial charge on any atom is -0.481 e.